The molecule has 0 unspecified atom stereocenters. The fourth-order valence-corrected chi connectivity index (χ4v) is 3.37. The van der Waals surface area contributed by atoms with Gasteiger partial charge in [0, 0.05) is 21.7 Å². The van der Waals surface area contributed by atoms with Gasteiger partial charge in [-0.15, -0.1) is 11.3 Å². The predicted octanol–water partition coefficient (Wildman–Crippen LogP) is 4.32. The van der Waals surface area contributed by atoms with Gasteiger partial charge in [0.1, 0.15) is 0 Å². The monoisotopic (exact) mass is 413 g/mol. The molecule has 28 heavy (non-hydrogen) atoms. The van der Waals surface area contributed by atoms with Crippen molar-refractivity contribution in [1.29, 1.82) is 0 Å². The molecule has 1 amide bonds. The molecule has 1 aromatic carbocycles. The average Bonchev–Trinajstić information content (AvgIpc) is 2.98. The number of benzene rings is 1. The zero-order valence-corrected chi connectivity index (χ0v) is 16.2. The van der Waals surface area contributed by atoms with E-state index in [0.29, 0.717) is 11.6 Å². The Morgan fingerprint density at radius 2 is 1.79 bits per heavy atom. The van der Waals surface area contributed by atoms with Crippen LogP contribution in [0.1, 0.15) is 39.9 Å². The van der Waals surface area contributed by atoms with Crippen molar-refractivity contribution in [2.24, 2.45) is 0 Å². The molecule has 0 bridgehead atoms. The Kier molecular flexibility index (Phi) is 6.95. The molecule has 2 aromatic rings. The van der Waals surface area contributed by atoms with E-state index in [4.69, 9.17) is 4.74 Å². The second kappa shape index (κ2) is 9.01. The molecule has 1 heterocycles. The molecule has 0 saturated heterocycles. The summed E-state index contributed by atoms with van der Waals surface area (Å²) in [6, 6.07) is 3.26. The van der Waals surface area contributed by atoms with E-state index in [2.05, 4.69) is 0 Å². The lowest BCUT2D eigenvalue weighted by molar-refractivity contribution is -0.153. The Morgan fingerprint density at radius 1 is 1.11 bits per heavy atom. The van der Waals surface area contributed by atoms with Crippen LogP contribution in [0.25, 0.3) is 0 Å². The number of aryl methyl sites for hydroxylation is 2. The molecule has 0 aliphatic rings. The van der Waals surface area contributed by atoms with E-state index in [1.807, 2.05) is 19.2 Å². The normalized spacial score (nSPS) is 11.8. The van der Waals surface area contributed by atoms with Crippen molar-refractivity contribution in [3.05, 3.63) is 51.0 Å². The number of Topliss-reactive ketones (excluding diaryl/α,β-unsaturated/α-hetero) is 1. The number of carbonyl (C=O) groups excluding carboxylic acids is 3. The molecule has 0 aliphatic heterocycles. The third-order valence-electron chi connectivity index (χ3n) is 3.87. The first-order valence-electron chi connectivity index (χ1n) is 8.34. The summed E-state index contributed by atoms with van der Waals surface area (Å²) < 4.78 is 44.6. The predicted molar refractivity (Wildman–Crippen MR) is 97.9 cm³/mol. The molecule has 5 nitrogen and oxygen atoms in total. The first-order valence-corrected chi connectivity index (χ1v) is 9.16. The van der Waals surface area contributed by atoms with Crippen LogP contribution >= 0.6 is 11.3 Å². The summed E-state index contributed by atoms with van der Waals surface area (Å²) in [6.45, 7) is 4.92. The number of ether oxygens (including phenoxy) is 1. The number of hydrogen-bond acceptors (Lipinski definition) is 5. The van der Waals surface area contributed by atoms with Gasteiger partial charge in [0.25, 0.3) is 5.91 Å². The van der Waals surface area contributed by atoms with Gasteiger partial charge in [0.2, 0.25) is 0 Å². The van der Waals surface area contributed by atoms with Crippen molar-refractivity contribution in [1.82, 2.24) is 0 Å². The number of amides is 1. The topological polar surface area (TPSA) is 72.5 Å². The van der Waals surface area contributed by atoms with Crippen molar-refractivity contribution in [3.8, 4) is 0 Å². The van der Waals surface area contributed by atoms with Crippen LogP contribution in [0.5, 0.6) is 0 Å². The second-order valence-corrected chi connectivity index (χ2v) is 7.55. The molecule has 1 atom stereocenters. The van der Waals surface area contributed by atoms with Gasteiger partial charge in [-0.2, -0.15) is 0 Å². The number of esters is 1. The Balaban J connectivity index is 1.88. The molecule has 0 saturated carbocycles. The molecule has 1 N–H and O–H groups in total. The second-order valence-electron chi connectivity index (χ2n) is 6.09. The van der Waals surface area contributed by atoms with E-state index in [0.717, 1.165) is 15.8 Å². The maximum absolute atomic E-state index is 13.6. The molecule has 0 aliphatic carbocycles. The number of anilines is 1. The minimum atomic E-state index is -1.72. The standard InChI is InChI=1S/C19H18F3NO4S/c1-9-8-12(11(3)28-9)15(24)6-7-16(25)27-10(2)19(26)23-14-5-4-13(20)17(21)18(14)22/h4-5,8,10H,6-7H2,1-3H3,(H,23,26)/t10-/m1/s1. The molecule has 0 fully saturated rings. The number of hydrogen-bond donors (Lipinski definition) is 1. The summed E-state index contributed by atoms with van der Waals surface area (Å²) in [5.74, 6) is -6.59. The number of ketones is 1. The van der Waals surface area contributed by atoms with E-state index in [1.54, 1.807) is 6.07 Å². The lowest BCUT2D eigenvalue weighted by Crippen LogP contribution is -2.30. The van der Waals surface area contributed by atoms with E-state index in [1.165, 1.54) is 18.3 Å². The number of thiophene rings is 1. The highest BCUT2D eigenvalue weighted by Crippen LogP contribution is 2.23. The number of carbonyl (C=O) groups is 3. The molecule has 9 heteroatoms. The van der Waals surface area contributed by atoms with Crippen LogP contribution < -0.4 is 5.32 Å². The van der Waals surface area contributed by atoms with Crippen LogP contribution in [0.4, 0.5) is 18.9 Å². The molecule has 0 spiro atoms. The van der Waals surface area contributed by atoms with Crippen LogP contribution in [0, 0.1) is 31.3 Å². The highest BCUT2D eigenvalue weighted by molar-refractivity contribution is 7.12. The Hall–Kier alpha value is -2.68. The summed E-state index contributed by atoms with van der Waals surface area (Å²) in [7, 11) is 0. The summed E-state index contributed by atoms with van der Waals surface area (Å²) in [6.07, 6.45) is -1.63. The van der Waals surface area contributed by atoms with Crippen molar-refractivity contribution in [3.63, 3.8) is 0 Å². The van der Waals surface area contributed by atoms with Gasteiger partial charge >= 0.3 is 5.97 Å². The van der Waals surface area contributed by atoms with Crippen molar-refractivity contribution in [2.75, 3.05) is 5.32 Å². The van der Waals surface area contributed by atoms with E-state index in [-0.39, 0.29) is 18.6 Å². The van der Waals surface area contributed by atoms with E-state index < -0.39 is 41.1 Å². The van der Waals surface area contributed by atoms with Crippen molar-refractivity contribution in [2.45, 2.75) is 39.7 Å². The zero-order valence-electron chi connectivity index (χ0n) is 15.4. The Labute approximate surface area is 163 Å². The van der Waals surface area contributed by atoms with Crippen LogP contribution in [-0.2, 0) is 14.3 Å². The third kappa shape index (κ3) is 5.19. The number of nitrogens with one attached hydrogen (secondary N) is 1. The van der Waals surface area contributed by atoms with Gasteiger partial charge in [-0.05, 0) is 39.0 Å². The molecular formula is C19H18F3NO4S. The first kappa shape index (κ1) is 21.6. The fourth-order valence-electron chi connectivity index (χ4n) is 2.42. The number of rotatable bonds is 7. The molecular weight excluding hydrogens is 395 g/mol. The van der Waals surface area contributed by atoms with E-state index >= 15 is 0 Å². The van der Waals surface area contributed by atoms with Gasteiger partial charge in [-0.1, -0.05) is 0 Å². The van der Waals surface area contributed by atoms with Crippen LogP contribution in [0.2, 0.25) is 0 Å². The summed E-state index contributed by atoms with van der Waals surface area (Å²) >= 11 is 1.48. The van der Waals surface area contributed by atoms with Crippen LogP contribution in [-0.4, -0.2) is 23.8 Å². The summed E-state index contributed by atoms with van der Waals surface area (Å²) in [4.78, 5) is 37.8. The highest BCUT2D eigenvalue weighted by atomic mass is 32.1. The number of halogens is 3. The lowest BCUT2D eigenvalue weighted by atomic mass is 10.1. The molecule has 2 rings (SSSR count). The minimum absolute atomic E-state index is 0.0814. The third-order valence-corrected chi connectivity index (χ3v) is 4.83. The zero-order chi connectivity index (χ0) is 21.0. The highest BCUT2D eigenvalue weighted by Gasteiger charge is 2.22. The van der Waals surface area contributed by atoms with Crippen molar-refractivity contribution < 1.29 is 32.3 Å². The maximum atomic E-state index is 13.6. The SMILES string of the molecule is Cc1cc(C(=O)CCC(=O)O[C@H](C)C(=O)Nc2ccc(F)c(F)c2F)c(C)s1. The molecule has 150 valence electrons. The maximum Gasteiger partial charge on any atom is 0.307 e. The van der Waals surface area contributed by atoms with Gasteiger partial charge in [0.15, 0.2) is 29.3 Å². The van der Waals surface area contributed by atoms with E-state index in [9.17, 15) is 27.6 Å². The van der Waals surface area contributed by atoms with Crippen LogP contribution in [0.15, 0.2) is 18.2 Å². The largest absolute Gasteiger partial charge is 0.453 e. The molecule has 1 aromatic heterocycles. The fraction of sp³-hybridized carbons (Fsp3) is 0.316. The average molecular weight is 413 g/mol. The molecule has 0 radical (unpaired) electrons. The van der Waals surface area contributed by atoms with Gasteiger partial charge in [-0.25, -0.2) is 13.2 Å². The first-order chi connectivity index (χ1) is 13.1. The lowest BCUT2D eigenvalue weighted by Gasteiger charge is -2.14. The summed E-state index contributed by atoms with van der Waals surface area (Å²) in [5.41, 5.74) is -0.0276. The van der Waals surface area contributed by atoms with Crippen molar-refractivity contribution >= 4 is 34.7 Å². The van der Waals surface area contributed by atoms with Crippen LogP contribution in [0.3, 0.4) is 0 Å². The Bertz CT molecular complexity index is 926. The smallest absolute Gasteiger partial charge is 0.307 e. The van der Waals surface area contributed by atoms with Gasteiger partial charge < -0.3 is 10.1 Å². The summed E-state index contributed by atoms with van der Waals surface area (Å²) in [5, 5.41) is 2.02. The van der Waals surface area contributed by atoms with Gasteiger partial charge in [-0.3, -0.25) is 14.4 Å². The Morgan fingerprint density at radius 3 is 2.39 bits per heavy atom. The quantitative estimate of drug-likeness (QED) is 0.417. The minimum Gasteiger partial charge on any atom is -0.453 e. The van der Waals surface area contributed by atoms with Gasteiger partial charge in [0.05, 0.1) is 12.1 Å².